The smallest absolute Gasteiger partial charge is 0.0973 e. The lowest BCUT2D eigenvalue weighted by Crippen LogP contribution is -1.95. The summed E-state index contributed by atoms with van der Waals surface area (Å²) in [7, 11) is 0. The monoisotopic (exact) mass is 409 g/mol. The van der Waals surface area contributed by atoms with Crippen LogP contribution >= 0.6 is 0 Å². The fraction of sp³-hybridized carbons (Fsp3) is 0. The molecule has 6 rings (SSSR count). The molecule has 0 atom stereocenters. The summed E-state index contributed by atoms with van der Waals surface area (Å²) < 4.78 is 0. The Kier molecular flexibility index (Phi) is 4.43. The Labute approximate surface area is 186 Å². The third-order valence-electron chi connectivity index (χ3n) is 5.71. The number of nitrogens with zero attached hydrogens (tertiary/aromatic N) is 3. The second-order valence-electron chi connectivity index (χ2n) is 7.76. The number of hydrogen-bond acceptors (Lipinski definition) is 3. The van der Waals surface area contributed by atoms with Crippen LogP contribution in [0.2, 0.25) is 0 Å². The molecule has 0 aliphatic carbocycles. The molecule has 0 N–H and O–H groups in total. The van der Waals surface area contributed by atoms with Crippen molar-refractivity contribution < 1.29 is 0 Å². The molecule has 0 saturated carbocycles. The van der Waals surface area contributed by atoms with Crippen molar-refractivity contribution >= 4 is 21.8 Å². The molecule has 150 valence electrons. The van der Waals surface area contributed by atoms with Crippen molar-refractivity contribution in [3.63, 3.8) is 0 Å². The highest BCUT2D eigenvalue weighted by Gasteiger charge is 2.14. The summed E-state index contributed by atoms with van der Waals surface area (Å²) in [5.74, 6) is 0. The van der Waals surface area contributed by atoms with Gasteiger partial charge < -0.3 is 0 Å². The molecule has 0 radical (unpaired) electrons. The highest BCUT2D eigenvalue weighted by Crippen LogP contribution is 2.33. The first-order valence-corrected chi connectivity index (χ1v) is 10.6. The molecule has 0 saturated heterocycles. The number of rotatable bonds is 3. The molecular formula is C29H19N3. The molecule has 6 aromatic rings. The summed E-state index contributed by atoms with van der Waals surface area (Å²) >= 11 is 0. The summed E-state index contributed by atoms with van der Waals surface area (Å²) in [6.07, 6.45) is 1.82. The van der Waals surface area contributed by atoms with Gasteiger partial charge in [-0.15, -0.1) is 0 Å². The maximum absolute atomic E-state index is 5.03. The fourth-order valence-electron chi connectivity index (χ4n) is 4.07. The van der Waals surface area contributed by atoms with Gasteiger partial charge in [0.05, 0.1) is 28.1 Å². The van der Waals surface area contributed by atoms with Crippen LogP contribution in [0, 0.1) is 0 Å². The molecule has 2 heterocycles. The summed E-state index contributed by atoms with van der Waals surface area (Å²) in [4.78, 5) is 14.5. The zero-order valence-electron chi connectivity index (χ0n) is 17.3. The van der Waals surface area contributed by atoms with E-state index in [-0.39, 0.29) is 0 Å². The number of hydrogen-bond donors (Lipinski definition) is 0. The molecule has 0 unspecified atom stereocenters. The van der Waals surface area contributed by atoms with Crippen molar-refractivity contribution in [1.29, 1.82) is 0 Å². The van der Waals surface area contributed by atoms with Gasteiger partial charge in [0.2, 0.25) is 0 Å². The molecule has 3 nitrogen and oxygen atoms in total. The number of aromatic nitrogens is 3. The SMILES string of the molecule is c1ccc(-c2ccc(-c3nc4ccccc4nc3-c3ccc4ccccc4c3)cc2)nc1. The van der Waals surface area contributed by atoms with E-state index in [0.29, 0.717) is 0 Å². The Bertz CT molecular complexity index is 1560. The Morgan fingerprint density at radius 3 is 1.75 bits per heavy atom. The van der Waals surface area contributed by atoms with Gasteiger partial charge in [-0.05, 0) is 41.1 Å². The molecule has 0 bridgehead atoms. The Morgan fingerprint density at radius 2 is 1.03 bits per heavy atom. The van der Waals surface area contributed by atoms with E-state index in [1.807, 2.05) is 48.7 Å². The van der Waals surface area contributed by atoms with Gasteiger partial charge in [-0.25, -0.2) is 9.97 Å². The lowest BCUT2D eigenvalue weighted by Gasteiger charge is -2.12. The fourth-order valence-corrected chi connectivity index (χ4v) is 4.07. The minimum Gasteiger partial charge on any atom is -0.256 e. The van der Waals surface area contributed by atoms with Gasteiger partial charge >= 0.3 is 0 Å². The lowest BCUT2D eigenvalue weighted by atomic mass is 9.99. The number of benzene rings is 4. The maximum Gasteiger partial charge on any atom is 0.0973 e. The molecule has 4 aromatic carbocycles. The van der Waals surface area contributed by atoms with E-state index in [9.17, 15) is 0 Å². The summed E-state index contributed by atoms with van der Waals surface area (Å²) in [5.41, 5.74) is 7.68. The Balaban J connectivity index is 1.53. The minimum atomic E-state index is 0.881. The number of pyridine rings is 1. The number of para-hydroxylation sites is 2. The lowest BCUT2D eigenvalue weighted by molar-refractivity contribution is 1.29. The quantitative estimate of drug-likeness (QED) is 0.311. The summed E-state index contributed by atoms with van der Waals surface area (Å²) in [6.45, 7) is 0. The molecule has 0 aliphatic heterocycles. The highest BCUT2D eigenvalue weighted by atomic mass is 14.8. The van der Waals surface area contributed by atoms with E-state index >= 15 is 0 Å². The first-order chi connectivity index (χ1) is 15.8. The van der Waals surface area contributed by atoms with Crippen LogP contribution in [0.4, 0.5) is 0 Å². The predicted octanol–water partition coefficient (Wildman–Crippen LogP) is 7.18. The zero-order valence-corrected chi connectivity index (χ0v) is 17.3. The van der Waals surface area contributed by atoms with Crippen molar-refractivity contribution in [2.24, 2.45) is 0 Å². The van der Waals surface area contributed by atoms with E-state index in [0.717, 1.165) is 44.8 Å². The van der Waals surface area contributed by atoms with E-state index in [1.54, 1.807) is 0 Å². The molecule has 32 heavy (non-hydrogen) atoms. The van der Waals surface area contributed by atoms with Crippen LogP contribution in [0.25, 0.3) is 55.6 Å². The largest absolute Gasteiger partial charge is 0.256 e. The van der Waals surface area contributed by atoms with Crippen molar-refractivity contribution in [2.75, 3.05) is 0 Å². The van der Waals surface area contributed by atoms with Gasteiger partial charge in [-0.2, -0.15) is 0 Å². The molecule has 0 aliphatic rings. The van der Waals surface area contributed by atoms with Crippen molar-refractivity contribution in [2.45, 2.75) is 0 Å². The molecule has 2 aromatic heterocycles. The average Bonchev–Trinajstić information content (AvgIpc) is 2.88. The third kappa shape index (κ3) is 3.30. The van der Waals surface area contributed by atoms with Gasteiger partial charge in [0.1, 0.15) is 0 Å². The van der Waals surface area contributed by atoms with Gasteiger partial charge in [0.15, 0.2) is 0 Å². The van der Waals surface area contributed by atoms with Crippen molar-refractivity contribution in [3.8, 4) is 33.8 Å². The molecule has 0 spiro atoms. The second-order valence-corrected chi connectivity index (χ2v) is 7.76. The van der Waals surface area contributed by atoms with Crippen LogP contribution in [0.1, 0.15) is 0 Å². The van der Waals surface area contributed by atoms with Crippen LogP contribution in [-0.2, 0) is 0 Å². The van der Waals surface area contributed by atoms with Gasteiger partial charge in [-0.1, -0.05) is 78.9 Å². The van der Waals surface area contributed by atoms with E-state index in [2.05, 4.69) is 71.7 Å². The Hall–Kier alpha value is -4.37. The second kappa shape index (κ2) is 7.71. The van der Waals surface area contributed by atoms with Crippen molar-refractivity contribution in [1.82, 2.24) is 15.0 Å². The first kappa shape index (κ1) is 18.4. The van der Waals surface area contributed by atoms with E-state index < -0.39 is 0 Å². The molecule has 0 amide bonds. The van der Waals surface area contributed by atoms with Crippen LogP contribution in [0.15, 0.2) is 115 Å². The van der Waals surface area contributed by atoms with Crippen LogP contribution < -0.4 is 0 Å². The van der Waals surface area contributed by atoms with Crippen LogP contribution in [0.5, 0.6) is 0 Å². The van der Waals surface area contributed by atoms with E-state index in [4.69, 9.17) is 9.97 Å². The molecule has 0 fully saturated rings. The van der Waals surface area contributed by atoms with Crippen LogP contribution in [0.3, 0.4) is 0 Å². The van der Waals surface area contributed by atoms with Crippen molar-refractivity contribution in [3.05, 3.63) is 115 Å². The van der Waals surface area contributed by atoms with Gasteiger partial charge in [-0.3, -0.25) is 4.98 Å². The molecular weight excluding hydrogens is 390 g/mol. The standard InChI is InChI=1S/C29H19N3/c1-2-8-23-19-24(17-12-20(23)7-1)29-28(31-26-10-3-4-11-27(26)32-29)22-15-13-21(14-16-22)25-9-5-6-18-30-25/h1-19H. The van der Waals surface area contributed by atoms with Gasteiger partial charge in [0, 0.05) is 22.9 Å². The first-order valence-electron chi connectivity index (χ1n) is 10.6. The highest BCUT2D eigenvalue weighted by molar-refractivity contribution is 5.91. The third-order valence-corrected chi connectivity index (χ3v) is 5.71. The maximum atomic E-state index is 5.03. The number of fused-ring (bicyclic) bond motifs is 2. The predicted molar refractivity (Wildman–Crippen MR) is 131 cm³/mol. The summed E-state index contributed by atoms with van der Waals surface area (Å²) in [5, 5.41) is 2.41. The Morgan fingerprint density at radius 1 is 0.438 bits per heavy atom. The summed E-state index contributed by atoms with van der Waals surface area (Å²) in [6, 6.07) is 37.2. The average molecular weight is 409 g/mol. The van der Waals surface area contributed by atoms with Gasteiger partial charge in [0.25, 0.3) is 0 Å². The topological polar surface area (TPSA) is 38.7 Å². The minimum absolute atomic E-state index is 0.881. The zero-order chi connectivity index (χ0) is 21.3. The van der Waals surface area contributed by atoms with E-state index in [1.165, 1.54) is 10.8 Å². The van der Waals surface area contributed by atoms with Crippen LogP contribution in [-0.4, -0.2) is 15.0 Å². The normalized spacial score (nSPS) is 11.1. The molecule has 3 heteroatoms.